The van der Waals surface area contributed by atoms with Gasteiger partial charge in [0.05, 0.1) is 6.10 Å². The van der Waals surface area contributed by atoms with Crippen LogP contribution in [-0.2, 0) is 0 Å². The highest BCUT2D eigenvalue weighted by Crippen LogP contribution is 2.36. The standard InChI is InChI=1S/C12H23NO/c13-12-7-3-1-2-5-10(6-4-8-12)11(14)9-12/h10-11,14H,1-9,13H2. The van der Waals surface area contributed by atoms with Gasteiger partial charge in [0.25, 0.3) is 0 Å². The van der Waals surface area contributed by atoms with Crippen LogP contribution >= 0.6 is 0 Å². The van der Waals surface area contributed by atoms with Crippen molar-refractivity contribution in [2.45, 2.75) is 69.4 Å². The molecule has 3 unspecified atom stereocenters. The first-order valence-electron chi connectivity index (χ1n) is 6.17. The summed E-state index contributed by atoms with van der Waals surface area (Å²) >= 11 is 0. The van der Waals surface area contributed by atoms with Crippen LogP contribution in [0.5, 0.6) is 0 Å². The van der Waals surface area contributed by atoms with Gasteiger partial charge < -0.3 is 10.8 Å². The second kappa shape index (κ2) is 4.19. The number of fused-ring (bicyclic) bond motifs is 3. The van der Waals surface area contributed by atoms with Crippen LogP contribution in [-0.4, -0.2) is 16.7 Å². The molecule has 0 amide bonds. The fourth-order valence-corrected chi connectivity index (χ4v) is 3.22. The van der Waals surface area contributed by atoms with Gasteiger partial charge in [0.1, 0.15) is 0 Å². The van der Waals surface area contributed by atoms with Gasteiger partial charge in [-0.15, -0.1) is 0 Å². The minimum Gasteiger partial charge on any atom is -0.393 e. The molecule has 2 bridgehead atoms. The molecule has 3 atom stereocenters. The van der Waals surface area contributed by atoms with Crippen molar-refractivity contribution in [3.63, 3.8) is 0 Å². The van der Waals surface area contributed by atoms with Gasteiger partial charge in [0, 0.05) is 5.54 Å². The molecule has 0 heterocycles. The molecular formula is C12H23NO. The lowest BCUT2D eigenvalue weighted by Gasteiger charge is -2.29. The first kappa shape index (κ1) is 10.4. The average molecular weight is 197 g/mol. The third kappa shape index (κ3) is 2.29. The highest BCUT2D eigenvalue weighted by Gasteiger charge is 2.35. The molecule has 2 aliphatic rings. The van der Waals surface area contributed by atoms with Crippen LogP contribution in [0.1, 0.15) is 57.8 Å². The van der Waals surface area contributed by atoms with Gasteiger partial charge in [-0.2, -0.15) is 0 Å². The second-order valence-corrected chi connectivity index (χ2v) is 5.39. The Labute approximate surface area is 86.9 Å². The van der Waals surface area contributed by atoms with E-state index < -0.39 is 0 Å². The Bertz CT molecular complexity index is 193. The highest BCUT2D eigenvalue weighted by molar-refractivity contribution is 4.92. The summed E-state index contributed by atoms with van der Waals surface area (Å²) in [6.45, 7) is 0. The van der Waals surface area contributed by atoms with Crippen LogP contribution in [0.15, 0.2) is 0 Å². The minimum atomic E-state index is -0.124. The van der Waals surface area contributed by atoms with E-state index in [0.29, 0.717) is 5.92 Å². The van der Waals surface area contributed by atoms with E-state index >= 15 is 0 Å². The minimum absolute atomic E-state index is 0.0431. The Morgan fingerprint density at radius 2 is 1.71 bits per heavy atom. The Kier molecular flexibility index (Phi) is 3.13. The molecule has 2 saturated carbocycles. The van der Waals surface area contributed by atoms with Gasteiger partial charge in [-0.05, 0) is 38.0 Å². The maximum atomic E-state index is 10.1. The molecule has 2 heteroatoms. The average Bonchev–Trinajstić information content (AvgIpc) is 2.22. The van der Waals surface area contributed by atoms with Gasteiger partial charge in [0.2, 0.25) is 0 Å². The molecule has 0 aromatic carbocycles. The quantitative estimate of drug-likeness (QED) is 0.625. The zero-order valence-electron chi connectivity index (χ0n) is 9.04. The molecule has 82 valence electrons. The van der Waals surface area contributed by atoms with E-state index in [0.717, 1.165) is 19.3 Å². The Balaban J connectivity index is 2.12. The van der Waals surface area contributed by atoms with Crippen LogP contribution in [0.25, 0.3) is 0 Å². The summed E-state index contributed by atoms with van der Waals surface area (Å²) in [5, 5.41) is 10.1. The van der Waals surface area contributed by atoms with Crippen LogP contribution in [0.2, 0.25) is 0 Å². The molecule has 14 heavy (non-hydrogen) atoms. The summed E-state index contributed by atoms with van der Waals surface area (Å²) < 4.78 is 0. The number of aliphatic hydroxyl groups is 1. The maximum absolute atomic E-state index is 10.1. The monoisotopic (exact) mass is 197 g/mol. The normalized spacial score (nSPS) is 45.0. The molecule has 0 aliphatic heterocycles. The summed E-state index contributed by atoms with van der Waals surface area (Å²) in [5.41, 5.74) is 6.32. The van der Waals surface area contributed by atoms with E-state index in [-0.39, 0.29) is 11.6 Å². The van der Waals surface area contributed by atoms with Crippen molar-refractivity contribution in [2.75, 3.05) is 0 Å². The number of nitrogens with two attached hydrogens (primary N) is 1. The fourth-order valence-electron chi connectivity index (χ4n) is 3.22. The van der Waals surface area contributed by atoms with Crippen molar-refractivity contribution >= 4 is 0 Å². The van der Waals surface area contributed by atoms with E-state index in [1.807, 2.05) is 0 Å². The zero-order valence-corrected chi connectivity index (χ0v) is 9.04. The van der Waals surface area contributed by atoms with Crippen molar-refractivity contribution in [1.82, 2.24) is 0 Å². The van der Waals surface area contributed by atoms with Crippen molar-refractivity contribution in [1.29, 1.82) is 0 Å². The molecule has 0 spiro atoms. The third-order valence-corrected chi connectivity index (χ3v) is 4.16. The molecular weight excluding hydrogens is 174 g/mol. The van der Waals surface area contributed by atoms with Crippen LogP contribution in [0.3, 0.4) is 0 Å². The number of hydrogen-bond acceptors (Lipinski definition) is 2. The molecule has 0 saturated heterocycles. The summed E-state index contributed by atoms with van der Waals surface area (Å²) in [6.07, 6.45) is 10.5. The number of hydrogen-bond donors (Lipinski definition) is 2. The zero-order chi connectivity index (χ0) is 10.0. The molecule has 2 rings (SSSR count). The van der Waals surface area contributed by atoms with Crippen molar-refractivity contribution in [2.24, 2.45) is 11.7 Å². The second-order valence-electron chi connectivity index (χ2n) is 5.39. The van der Waals surface area contributed by atoms with Crippen molar-refractivity contribution in [3.05, 3.63) is 0 Å². The van der Waals surface area contributed by atoms with Gasteiger partial charge in [-0.25, -0.2) is 0 Å². The summed E-state index contributed by atoms with van der Waals surface area (Å²) in [6, 6.07) is 0. The Morgan fingerprint density at radius 1 is 1.00 bits per heavy atom. The summed E-state index contributed by atoms with van der Waals surface area (Å²) in [4.78, 5) is 0. The van der Waals surface area contributed by atoms with E-state index in [1.54, 1.807) is 0 Å². The molecule has 0 radical (unpaired) electrons. The lowest BCUT2D eigenvalue weighted by atomic mass is 9.85. The molecule has 3 N–H and O–H groups in total. The largest absolute Gasteiger partial charge is 0.393 e. The van der Waals surface area contributed by atoms with Crippen molar-refractivity contribution in [3.8, 4) is 0 Å². The van der Waals surface area contributed by atoms with Gasteiger partial charge in [0.15, 0.2) is 0 Å². The lowest BCUT2D eigenvalue weighted by Crippen LogP contribution is -2.42. The highest BCUT2D eigenvalue weighted by atomic mass is 16.3. The third-order valence-electron chi connectivity index (χ3n) is 4.16. The van der Waals surface area contributed by atoms with E-state index in [2.05, 4.69) is 0 Å². The van der Waals surface area contributed by atoms with Crippen molar-refractivity contribution < 1.29 is 5.11 Å². The summed E-state index contributed by atoms with van der Waals surface area (Å²) in [7, 11) is 0. The fraction of sp³-hybridized carbons (Fsp3) is 1.00. The van der Waals surface area contributed by atoms with Gasteiger partial charge in [-0.1, -0.05) is 25.7 Å². The van der Waals surface area contributed by atoms with Gasteiger partial charge >= 0.3 is 0 Å². The maximum Gasteiger partial charge on any atom is 0.0585 e. The first-order valence-corrected chi connectivity index (χ1v) is 6.17. The first-order chi connectivity index (χ1) is 6.70. The predicted molar refractivity (Wildman–Crippen MR) is 58.0 cm³/mol. The number of aliphatic hydroxyl groups excluding tert-OH is 1. The number of rotatable bonds is 0. The van der Waals surface area contributed by atoms with Crippen LogP contribution in [0, 0.1) is 5.92 Å². The lowest BCUT2D eigenvalue weighted by molar-refractivity contribution is 0.0802. The van der Waals surface area contributed by atoms with Crippen LogP contribution in [0.4, 0.5) is 0 Å². The van der Waals surface area contributed by atoms with Gasteiger partial charge in [-0.3, -0.25) is 0 Å². The summed E-state index contributed by atoms with van der Waals surface area (Å²) in [5.74, 6) is 0.540. The van der Waals surface area contributed by atoms with E-state index in [9.17, 15) is 5.11 Å². The predicted octanol–water partition coefficient (Wildman–Crippen LogP) is 2.20. The topological polar surface area (TPSA) is 46.2 Å². The van der Waals surface area contributed by atoms with E-state index in [1.165, 1.54) is 38.5 Å². The molecule has 2 nitrogen and oxygen atoms in total. The smallest absolute Gasteiger partial charge is 0.0585 e. The Morgan fingerprint density at radius 3 is 2.57 bits per heavy atom. The molecule has 0 aromatic heterocycles. The SMILES string of the molecule is NC12CCCCCC(CCC1)C(O)C2. The molecule has 2 aliphatic carbocycles. The Hall–Kier alpha value is -0.0800. The van der Waals surface area contributed by atoms with E-state index in [4.69, 9.17) is 5.73 Å². The molecule has 2 fully saturated rings. The molecule has 0 aromatic rings. The van der Waals surface area contributed by atoms with Crippen LogP contribution < -0.4 is 5.73 Å².